The number of nitrogens with one attached hydrogen (secondary N) is 7. The fraction of sp³-hybridized carbons (Fsp3) is 0. The molecule has 0 bridgehead atoms. The van der Waals surface area contributed by atoms with Crippen LogP contribution in [0.2, 0.25) is 0 Å². The molecule has 1 fully saturated rings. The number of anilines is 1. The molecule has 9 nitrogen and oxygen atoms in total. The van der Waals surface area contributed by atoms with Crippen molar-refractivity contribution in [2.45, 2.75) is 0 Å². The molecule has 1 aliphatic heterocycles. The van der Waals surface area contributed by atoms with E-state index in [9.17, 15) is 0 Å². The van der Waals surface area contributed by atoms with Gasteiger partial charge in [-0.1, -0.05) is 41.6 Å². The summed E-state index contributed by atoms with van der Waals surface area (Å²) in [4.78, 5) is 4.54. The molecule has 2 aromatic rings. The predicted octanol–water partition coefficient (Wildman–Crippen LogP) is 0.0444. The number of hydrazine groups is 7. The highest BCUT2D eigenvalue weighted by molar-refractivity contribution is 5.94. The number of hydrogen-bond acceptors (Lipinski definition) is 7. The molecule has 1 saturated heterocycles. The van der Waals surface area contributed by atoms with Crippen LogP contribution in [0.25, 0.3) is 0 Å². The number of rotatable bonds is 3. The van der Waals surface area contributed by atoms with Gasteiger partial charge in [-0.2, -0.15) is 16.6 Å². The number of hydrogen-bond donors (Lipinski definition) is 7. The Morgan fingerprint density at radius 3 is 2.14 bits per heavy atom. The minimum absolute atomic E-state index is 0.530. The van der Waals surface area contributed by atoms with Crippen molar-refractivity contribution in [1.82, 2.24) is 38.3 Å². The van der Waals surface area contributed by atoms with E-state index in [1.165, 1.54) is 5.23 Å². The number of nitrogens with zero attached hydrogens (tertiary/aromatic N) is 2. The third-order valence-electron chi connectivity index (χ3n) is 2.71. The van der Waals surface area contributed by atoms with E-state index in [4.69, 9.17) is 0 Å². The largest absolute Gasteiger partial charge is 0.325 e. The Balaban J connectivity index is 1.76. The molecule has 0 radical (unpaired) electrons. The molecule has 1 heterocycles. The lowest BCUT2D eigenvalue weighted by Crippen LogP contribution is -2.76. The highest BCUT2D eigenvalue weighted by Crippen LogP contribution is 2.11. The molecule has 2 aromatic carbocycles. The molecule has 0 spiro atoms. The highest BCUT2D eigenvalue weighted by Gasteiger charge is 2.10. The Bertz CT molecular complexity index is 595. The van der Waals surface area contributed by atoms with E-state index in [1.807, 2.05) is 60.7 Å². The zero-order chi connectivity index (χ0) is 15.0. The van der Waals surface area contributed by atoms with Gasteiger partial charge in [0.2, 0.25) is 5.96 Å². The standard InChI is InChI=1S/C13H17N9/c1-3-7-11(8-4-1)14-13(15-12-9-5-2-6-10-12)16-22-20-18-17-19-21-22/h1-10,17-21H,(H2,14,15,16). The predicted molar refractivity (Wildman–Crippen MR) is 84.3 cm³/mol. The molecular formula is C13H17N9. The fourth-order valence-electron chi connectivity index (χ4n) is 1.76. The first-order chi connectivity index (χ1) is 10.9. The van der Waals surface area contributed by atoms with Gasteiger partial charge in [0.15, 0.2) is 0 Å². The molecular weight excluding hydrogens is 282 g/mol. The summed E-state index contributed by atoms with van der Waals surface area (Å²) >= 11 is 0. The summed E-state index contributed by atoms with van der Waals surface area (Å²) in [5.74, 6) is 0.530. The number of aliphatic imine (C=N–C) groups is 1. The number of para-hydroxylation sites is 2. The molecule has 0 aliphatic carbocycles. The summed E-state index contributed by atoms with van der Waals surface area (Å²) in [7, 11) is 0. The topological polar surface area (TPSA) is 99.8 Å². The molecule has 114 valence electrons. The maximum Gasteiger partial charge on any atom is 0.218 e. The van der Waals surface area contributed by atoms with E-state index in [2.05, 4.69) is 43.4 Å². The first-order valence-electron chi connectivity index (χ1n) is 6.69. The molecule has 0 aromatic heterocycles. The molecule has 9 heteroatoms. The fourth-order valence-corrected chi connectivity index (χ4v) is 1.76. The average molecular weight is 299 g/mol. The van der Waals surface area contributed by atoms with Gasteiger partial charge >= 0.3 is 0 Å². The normalized spacial score (nSPS) is 16.3. The van der Waals surface area contributed by atoms with Crippen LogP contribution < -0.4 is 38.4 Å². The lowest BCUT2D eigenvalue weighted by Gasteiger charge is -2.30. The van der Waals surface area contributed by atoms with Gasteiger partial charge in [-0.15, -0.1) is 11.1 Å². The molecule has 0 saturated carbocycles. The smallest absolute Gasteiger partial charge is 0.218 e. The Labute approximate surface area is 127 Å². The Hall–Kier alpha value is -2.53. The quantitative estimate of drug-likeness (QED) is 0.315. The Morgan fingerprint density at radius 1 is 0.818 bits per heavy atom. The second-order valence-corrected chi connectivity index (χ2v) is 4.33. The summed E-state index contributed by atoms with van der Waals surface area (Å²) in [6, 6.07) is 19.4. The summed E-state index contributed by atoms with van der Waals surface area (Å²) < 4.78 is 0. The van der Waals surface area contributed by atoms with Crippen molar-refractivity contribution >= 4 is 17.3 Å². The van der Waals surface area contributed by atoms with E-state index in [0.717, 1.165) is 11.4 Å². The lowest BCUT2D eigenvalue weighted by molar-refractivity contribution is -0.0402. The second-order valence-electron chi connectivity index (χ2n) is 4.33. The highest BCUT2D eigenvalue weighted by atomic mass is 16.1. The molecule has 0 atom stereocenters. The summed E-state index contributed by atoms with van der Waals surface area (Å²) in [6.45, 7) is 0. The van der Waals surface area contributed by atoms with E-state index in [1.54, 1.807) is 0 Å². The Morgan fingerprint density at radius 2 is 1.45 bits per heavy atom. The van der Waals surface area contributed by atoms with Crippen LogP contribution in [-0.2, 0) is 0 Å². The first-order valence-corrected chi connectivity index (χ1v) is 6.69. The van der Waals surface area contributed by atoms with Crippen molar-refractivity contribution in [3.05, 3.63) is 60.7 Å². The van der Waals surface area contributed by atoms with Gasteiger partial charge in [-0.25, -0.2) is 4.99 Å². The van der Waals surface area contributed by atoms with Gasteiger partial charge in [0.1, 0.15) is 0 Å². The van der Waals surface area contributed by atoms with Crippen LogP contribution >= 0.6 is 0 Å². The van der Waals surface area contributed by atoms with Gasteiger partial charge in [-0.3, -0.25) is 5.43 Å². The maximum absolute atomic E-state index is 4.54. The minimum Gasteiger partial charge on any atom is -0.325 e. The van der Waals surface area contributed by atoms with Crippen LogP contribution in [0.1, 0.15) is 0 Å². The van der Waals surface area contributed by atoms with E-state index in [0.29, 0.717) is 5.96 Å². The number of benzene rings is 2. The molecule has 22 heavy (non-hydrogen) atoms. The lowest BCUT2D eigenvalue weighted by atomic mass is 10.3. The molecule has 1 aliphatic rings. The van der Waals surface area contributed by atoms with Crippen LogP contribution in [0.15, 0.2) is 65.7 Å². The summed E-state index contributed by atoms with van der Waals surface area (Å²) in [5.41, 5.74) is 18.3. The van der Waals surface area contributed by atoms with Crippen molar-refractivity contribution < 1.29 is 0 Å². The molecule has 0 amide bonds. The van der Waals surface area contributed by atoms with Crippen LogP contribution in [0, 0.1) is 0 Å². The third kappa shape index (κ3) is 4.23. The van der Waals surface area contributed by atoms with E-state index in [-0.39, 0.29) is 0 Å². The van der Waals surface area contributed by atoms with E-state index >= 15 is 0 Å². The summed E-state index contributed by atoms with van der Waals surface area (Å²) in [6.07, 6.45) is 0. The second kappa shape index (κ2) is 7.47. The van der Waals surface area contributed by atoms with Crippen LogP contribution in [0.4, 0.5) is 11.4 Å². The molecule has 7 N–H and O–H groups in total. The average Bonchev–Trinajstić information content (AvgIpc) is 2.57. The van der Waals surface area contributed by atoms with Gasteiger partial charge in [0.05, 0.1) is 5.69 Å². The zero-order valence-corrected chi connectivity index (χ0v) is 11.7. The van der Waals surface area contributed by atoms with Crippen LogP contribution in [-0.4, -0.2) is 11.2 Å². The van der Waals surface area contributed by atoms with Crippen molar-refractivity contribution in [2.24, 2.45) is 4.99 Å². The minimum atomic E-state index is 0.530. The first kappa shape index (κ1) is 14.4. The van der Waals surface area contributed by atoms with Gasteiger partial charge in [-0.05, 0) is 24.3 Å². The van der Waals surface area contributed by atoms with Crippen molar-refractivity contribution in [3.63, 3.8) is 0 Å². The van der Waals surface area contributed by atoms with Gasteiger partial charge < -0.3 is 5.32 Å². The monoisotopic (exact) mass is 299 g/mol. The van der Waals surface area contributed by atoms with Crippen molar-refractivity contribution in [3.8, 4) is 0 Å². The van der Waals surface area contributed by atoms with Crippen molar-refractivity contribution in [1.29, 1.82) is 0 Å². The zero-order valence-electron chi connectivity index (χ0n) is 11.7. The molecule has 0 unspecified atom stereocenters. The van der Waals surface area contributed by atoms with E-state index < -0.39 is 0 Å². The van der Waals surface area contributed by atoms with Crippen LogP contribution in [0.3, 0.4) is 0 Å². The van der Waals surface area contributed by atoms with Gasteiger partial charge in [0, 0.05) is 5.69 Å². The number of guanidine groups is 1. The Kier molecular flexibility index (Phi) is 4.89. The van der Waals surface area contributed by atoms with Crippen molar-refractivity contribution in [2.75, 3.05) is 5.32 Å². The summed E-state index contributed by atoms with van der Waals surface area (Å²) in [5, 5.41) is 4.67. The molecule has 3 rings (SSSR count). The SMILES string of the molecule is c1ccc(N=C(Nc2ccccc2)NN2NNNNN2)cc1. The van der Waals surface area contributed by atoms with Gasteiger partial charge in [0.25, 0.3) is 0 Å². The maximum atomic E-state index is 4.54. The third-order valence-corrected chi connectivity index (χ3v) is 2.71. The van der Waals surface area contributed by atoms with Crippen LogP contribution in [0.5, 0.6) is 0 Å².